The molecule has 2 heterocycles. The first-order chi connectivity index (χ1) is 17.2. The predicted molar refractivity (Wildman–Crippen MR) is 134 cm³/mol. The van der Waals surface area contributed by atoms with Crippen LogP contribution in [0.2, 0.25) is 0 Å². The van der Waals surface area contributed by atoms with E-state index in [1.807, 2.05) is 44.2 Å². The molecule has 4 aromatic rings. The summed E-state index contributed by atoms with van der Waals surface area (Å²) in [6.07, 6.45) is -4.06. The van der Waals surface area contributed by atoms with Crippen LogP contribution in [0.3, 0.4) is 0 Å². The zero-order chi connectivity index (χ0) is 25.7. The second kappa shape index (κ2) is 11.3. The molecule has 0 unspecified atom stereocenters. The van der Waals surface area contributed by atoms with Crippen molar-refractivity contribution in [1.82, 2.24) is 25.1 Å². The van der Waals surface area contributed by atoms with Crippen LogP contribution < -0.4 is 5.32 Å². The normalized spacial score (nSPS) is 11.7. The van der Waals surface area contributed by atoms with Gasteiger partial charge >= 0.3 is 6.18 Å². The van der Waals surface area contributed by atoms with E-state index in [1.54, 1.807) is 16.0 Å². The van der Waals surface area contributed by atoms with Crippen molar-refractivity contribution < 1.29 is 18.0 Å². The van der Waals surface area contributed by atoms with Gasteiger partial charge in [0.1, 0.15) is 16.5 Å². The van der Waals surface area contributed by atoms with E-state index in [9.17, 15) is 18.0 Å². The Bertz CT molecular complexity index is 1320. The summed E-state index contributed by atoms with van der Waals surface area (Å²) < 4.78 is 41.9. The fourth-order valence-electron chi connectivity index (χ4n) is 3.36. The molecule has 2 aromatic heterocycles. The van der Waals surface area contributed by atoms with Gasteiger partial charge in [0.25, 0.3) is 5.91 Å². The third-order valence-corrected chi connectivity index (χ3v) is 7.09. The van der Waals surface area contributed by atoms with Crippen LogP contribution in [0.15, 0.2) is 65.1 Å². The molecular formula is C25H24F3N5OS2. The topological polar surface area (TPSA) is 72.7 Å². The molecule has 6 nitrogen and oxygen atoms in total. The molecule has 1 N–H and O–H groups in total. The van der Waals surface area contributed by atoms with E-state index in [2.05, 4.69) is 20.5 Å². The first-order valence-electron chi connectivity index (χ1n) is 11.2. The van der Waals surface area contributed by atoms with E-state index in [4.69, 9.17) is 0 Å². The molecule has 0 bridgehead atoms. The van der Waals surface area contributed by atoms with Gasteiger partial charge in [-0.3, -0.25) is 9.36 Å². The molecule has 0 fully saturated rings. The van der Waals surface area contributed by atoms with Crippen LogP contribution in [0.4, 0.5) is 13.2 Å². The summed E-state index contributed by atoms with van der Waals surface area (Å²) in [7, 11) is 0. The highest BCUT2D eigenvalue weighted by molar-refractivity contribution is 7.98. The van der Waals surface area contributed by atoms with E-state index in [0.717, 1.165) is 17.7 Å². The molecule has 11 heteroatoms. The van der Waals surface area contributed by atoms with Gasteiger partial charge in [-0.1, -0.05) is 62.0 Å². The number of thioether (sulfide) groups is 1. The number of aromatic nitrogens is 4. The van der Waals surface area contributed by atoms with Crippen molar-refractivity contribution in [2.24, 2.45) is 5.92 Å². The van der Waals surface area contributed by atoms with E-state index in [1.165, 1.54) is 29.2 Å². The van der Waals surface area contributed by atoms with E-state index >= 15 is 0 Å². The van der Waals surface area contributed by atoms with Crippen molar-refractivity contribution in [3.63, 3.8) is 0 Å². The Morgan fingerprint density at radius 3 is 2.61 bits per heavy atom. The summed E-state index contributed by atoms with van der Waals surface area (Å²) in [6.45, 7) is 4.58. The maximum absolute atomic E-state index is 13.4. The Kier molecular flexibility index (Phi) is 8.10. The number of carbonyl (C=O) groups is 1. The van der Waals surface area contributed by atoms with Crippen molar-refractivity contribution in [3.05, 3.63) is 87.6 Å². The maximum atomic E-state index is 13.4. The van der Waals surface area contributed by atoms with Crippen molar-refractivity contribution in [1.29, 1.82) is 0 Å². The monoisotopic (exact) mass is 531 g/mol. The zero-order valence-corrected chi connectivity index (χ0v) is 21.3. The van der Waals surface area contributed by atoms with Gasteiger partial charge in [0.2, 0.25) is 0 Å². The molecule has 0 saturated heterocycles. The Labute approximate surface area is 215 Å². The Balaban J connectivity index is 1.59. The number of amides is 1. The van der Waals surface area contributed by atoms with E-state index in [0.29, 0.717) is 52.0 Å². The van der Waals surface area contributed by atoms with Gasteiger partial charge in [0.05, 0.1) is 17.0 Å². The molecule has 4 rings (SSSR count). The minimum atomic E-state index is -4.47. The van der Waals surface area contributed by atoms with E-state index in [-0.39, 0.29) is 5.91 Å². The molecule has 0 aliphatic heterocycles. The first-order valence-corrected chi connectivity index (χ1v) is 13.1. The average molecular weight is 532 g/mol. The SMILES string of the molecule is CC(C)CNC(=O)c1csc(CSc2nnc(Cc3ccccc3)n2-c2cccc(C(F)(F)F)c2)n1. The Hall–Kier alpha value is -3.18. The summed E-state index contributed by atoms with van der Waals surface area (Å²) in [5.41, 5.74) is 0.899. The minimum Gasteiger partial charge on any atom is -0.350 e. The molecule has 0 aliphatic rings. The molecule has 2 aromatic carbocycles. The van der Waals surface area contributed by atoms with Crippen LogP contribution in [-0.2, 0) is 18.3 Å². The quantitative estimate of drug-likeness (QED) is 0.268. The smallest absolute Gasteiger partial charge is 0.350 e. The summed E-state index contributed by atoms with van der Waals surface area (Å²) in [6, 6.07) is 14.7. The number of rotatable bonds is 9. The second-order valence-corrected chi connectivity index (χ2v) is 10.3. The number of halogens is 3. The largest absolute Gasteiger partial charge is 0.416 e. The summed E-state index contributed by atoms with van der Waals surface area (Å²) in [4.78, 5) is 16.7. The van der Waals surface area contributed by atoms with Gasteiger partial charge in [-0.25, -0.2) is 4.98 Å². The first kappa shape index (κ1) is 25.9. The number of alkyl halides is 3. The molecule has 0 spiro atoms. The number of benzene rings is 2. The number of nitrogens with one attached hydrogen (secondary N) is 1. The Morgan fingerprint density at radius 1 is 1.11 bits per heavy atom. The van der Waals surface area contributed by atoms with Gasteiger partial charge in [0.15, 0.2) is 5.16 Å². The molecular weight excluding hydrogens is 507 g/mol. The number of hydrogen-bond donors (Lipinski definition) is 1. The number of thiazole rings is 1. The fourth-order valence-corrected chi connectivity index (χ4v) is 5.13. The maximum Gasteiger partial charge on any atom is 0.416 e. The van der Waals surface area contributed by atoms with Crippen LogP contribution in [0.5, 0.6) is 0 Å². The zero-order valence-electron chi connectivity index (χ0n) is 19.6. The fraction of sp³-hybridized carbons (Fsp3) is 0.280. The lowest BCUT2D eigenvalue weighted by atomic mass is 10.1. The van der Waals surface area contributed by atoms with Crippen LogP contribution in [-0.4, -0.2) is 32.2 Å². The number of carbonyl (C=O) groups excluding carboxylic acids is 1. The summed E-state index contributed by atoms with van der Waals surface area (Å²) in [5, 5.41) is 14.3. The molecule has 36 heavy (non-hydrogen) atoms. The third-order valence-electron chi connectivity index (χ3n) is 5.12. The van der Waals surface area contributed by atoms with Crippen LogP contribution in [0.25, 0.3) is 5.69 Å². The second-order valence-electron chi connectivity index (χ2n) is 8.46. The summed E-state index contributed by atoms with van der Waals surface area (Å²) >= 11 is 2.66. The van der Waals surface area contributed by atoms with Crippen molar-refractivity contribution in [2.45, 2.75) is 37.4 Å². The van der Waals surface area contributed by atoms with Gasteiger partial charge < -0.3 is 5.32 Å². The lowest BCUT2D eigenvalue weighted by molar-refractivity contribution is -0.137. The van der Waals surface area contributed by atoms with Crippen LogP contribution >= 0.6 is 23.1 Å². The van der Waals surface area contributed by atoms with Gasteiger partial charge in [0, 0.05) is 18.3 Å². The molecule has 188 valence electrons. The van der Waals surface area contributed by atoms with Gasteiger partial charge in [-0.15, -0.1) is 21.5 Å². The van der Waals surface area contributed by atoms with Crippen molar-refractivity contribution in [3.8, 4) is 5.69 Å². The van der Waals surface area contributed by atoms with Crippen LogP contribution in [0, 0.1) is 5.92 Å². The highest BCUT2D eigenvalue weighted by Gasteiger charge is 2.31. The van der Waals surface area contributed by atoms with Gasteiger partial charge in [-0.05, 0) is 29.7 Å². The highest BCUT2D eigenvalue weighted by atomic mass is 32.2. The molecule has 0 saturated carbocycles. The van der Waals surface area contributed by atoms with Crippen LogP contribution in [0.1, 0.15) is 46.3 Å². The van der Waals surface area contributed by atoms with E-state index < -0.39 is 11.7 Å². The van der Waals surface area contributed by atoms with Crippen molar-refractivity contribution >= 4 is 29.0 Å². The third kappa shape index (κ3) is 6.52. The molecule has 0 atom stereocenters. The molecule has 0 radical (unpaired) electrons. The average Bonchev–Trinajstić information content (AvgIpc) is 3.48. The number of nitrogens with zero attached hydrogens (tertiary/aromatic N) is 4. The highest BCUT2D eigenvalue weighted by Crippen LogP contribution is 2.32. The lowest BCUT2D eigenvalue weighted by Gasteiger charge is -2.13. The number of hydrogen-bond acceptors (Lipinski definition) is 6. The molecule has 0 aliphatic carbocycles. The standard InChI is InChI=1S/C25H24F3N5OS2/c1-16(2)13-29-23(34)20-14-35-22(30-20)15-36-24-32-31-21(11-17-7-4-3-5-8-17)33(24)19-10-6-9-18(12-19)25(26,27)28/h3-10,12,14,16H,11,13,15H2,1-2H3,(H,29,34). The predicted octanol–water partition coefficient (Wildman–Crippen LogP) is 6.01. The van der Waals surface area contributed by atoms with Gasteiger partial charge in [-0.2, -0.15) is 13.2 Å². The summed E-state index contributed by atoms with van der Waals surface area (Å²) in [5.74, 6) is 1.02. The lowest BCUT2D eigenvalue weighted by Crippen LogP contribution is -2.27. The Morgan fingerprint density at radius 2 is 1.89 bits per heavy atom. The van der Waals surface area contributed by atoms with Crippen molar-refractivity contribution in [2.75, 3.05) is 6.54 Å². The molecule has 1 amide bonds. The minimum absolute atomic E-state index is 0.228.